The lowest BCUT2D eigenvalue weighted by Crippen LogP contribution is -2.24. The van der Waals surface area contributed by atoms with Crippen LogP contribution in [0.5, 0.6) is 0 Å². The maximum absolute atomic E-state index is 5.75. The van der Waals surface area contributed by atoms with E-state index in [4.69, 9.17) is 4.74 Å². The topological polar surface area (TPSA) is 24.9 Å². The molecule has 0 N–H and O–H groups in total. The first-order valence-electron chi connectivity index (χ1n) is 4.97. The van der Waals surface area contributed by atoms with E-state index in [9.17, 15) is 0 Å². The van der Waals surface area contributed by atoms with E-state index in [1.54, 1.807) is 0 Å². The van der Waals surface area contributed by atoms with Crippen molar-refractivity contribution in [2.45, 2.75) is 44.8 Å². The van der Waals surface area contributed by atoms with E-state index < -0.39 is 0 Å². The molecule has 0 aromatic carbocycles. The van der Waals surface area contributed by atoms with Crippen molar-refractivity contribution >= 4 is 6.21 Å². The van der Waals surface area contributed by atoms with E-state index in [2.05, 4.69) is 18.8 Å². The largest absolute Gasteiger partial charge is 0.360 e. The average molecular weight is 167 g/mol. The molecule has 2 nitrogen and oxygen atoms in total. The Morgan fingerprint density at radius 2 is 2.58 bits per heavy atom. The summed E-state index contributed by atoms with van der Waals surface area (Å²) in [6, 6.07) is 0. The summed E-state index contributed by atoms with van der Waals surface area (Å²) in [4.78, 5) is 4.31. The van der Waals surface area contributed by atoms with Crippen molar-refractivity contribution in [2.75, 3.05) is 6.54 Å². The standard InChI is InChI=1S/C10H17NO/c1-3-8(2)9-10(12-9)5-4-6-11-7-10/h7-9H,3-6H2,1-2H3/t8-,9-,10-/m0/s1. The van der Waals surface area contributed by atoms with Crippen LogP contribution in [0.2, 0.25) is 0 Å². The van der Waals surface area contributed by atoms with Gasteiger partial charge in [0.15, 0.2) is 0 Å². The minimum atomic E-state index is 0.0771. The summed E-state index contributed by atoms with van der Waals surface area (Å²) in [5.74, 6) is 0.689. The molecule has 1 fully saturated rings. The highest BCUT2D eigenvalue weighted by Gasteiger charge is 2.57. The van der Waals surface area contributed by atoms with Gasteiger partial charge in [-0.25, -0.2) is 0 Å². The smallest absolute Gasteiger partial charge is 0.130 e. The second kappa shape index (κ2) is 2.84. The lowest BCUT2D eigenvalue weighted by Gasteiger charge is -2.13. The van der Waals surface area contributed by atoms with E-state index in [1.165, 1.54) is 19.3 Å². The quantitative estimate of drug-likeness (QED) is 0.578. The molecule has 3 atom stereocenters. The summed E-state index contributed by atoms with van der Waals surface area (Å²) < 4.78 is 5.75. The van der Waals surface area contributed by atoms with E-state index in [-0.39, 0.29) is 5.60 Å². The Balaban J connectivity index is 1.99. The van der Waals surface area contributed by atoms with Crippen LogP contribution >= 0.6 is 0 Å². The van der Waals surface area contributed by atoms with Crippen LogP contribution in [0.25, 0.3) is 0 Å². The maximum atomic E-state index is 5.75. The monoisotopic (exact) mass is 167 g/mol. The van der Waals surface area contributed by atoms with Gasteiger partial charge < -0.3 is 4.74 Å². The summed E-state index contributed by atoms with van der Waals surface area (Å²) >= 11 is 0. The molecule has 1 spiro atoms. The molecule has 0 radical (unpaired) electrons. The molecule has 0 bridgehead atoms. The van der Waals surface area contributed by atoms with Crippen LogP contribution in [-0.4, -0.2) is 24.5 Å². The van der Waals surface area contributed by atoms with Crippen LogP contribution in [0, 0.1) is 5.92 Å². The minimum absolute atomic E-state index is 0.0771. The Morgan fingerprint density at radius 1 is 1.75 bits per heavy atom. The first-order chi connectivity index (χ1) is 5.78. The molecule has 2 heteroatoms. The lowest BCUT2D eigenvalue weighted by molar-refractivity contribution is 0.299. The van der Waals surface area contributed by atoms with Crippen molar-refractivity contribution < 1.29 is 4.74 Å². The molecular weight excluding hydrogens is 150 g/mol. The van der Waals surface area contributed by atoms with E-state index in [0.717, 1.165) is 6.54 Å². The number of epoxide rings is 1. The predicted molar refractivity (Wildman–Crippen MR) is 49.7 cm³/mol. The molecule has 2 heterocycles. The molecule has 0 unspecified atom stereocenters. The second-order valence-electron chi connectivity index (χ2n) is 4.02. The molecule has 0 saturated carbocycles. The number of hydrogen-bond donors (Lipinski definition) is 0. The Labute approximate surface area is 74.0 Å². The Hall–Kier alpha value is -0.370. The van der Waals surface area contributed by atoms with Crippen LogP contribution in [0.4, 0.5) is 0 Å². The number of nitrogens with zero attached hydrogens (tertiary/aromatic N) is 1. The zero-order chi connectivity index (χ0) is 8.60. The number of aliphatic imine (C=N–C) groups is 1. The molecule has 0 aromatic rings. The third kappa shape index (κ3) is 1.18. The van der Waals surface area contributed by atoms with E-state index >= 15 is 0 Å². The van der Waals surface area contributed by atoms with Gasteiger partial charge in [-0.3, -0.25) is 4.99 Å². The fourth-order valence-corrected chi connectivity index (χ4v) is 2.05. The molecule has 0 amide bonds. The van der Waals surface area contributed by atoms with Gasteiger partial charge in [-0.05, 0) is 18.8 Å². The summed E-state index contributed by atoms with van der Waals surface area (Å²) in [6.45, 7) is 5.49. The number of ether oxygens (including phenoxy) is 1. The summed E-state index contributed by atoms with van der Waals surface area (Å²) in [5.41, 5.74) is 0.0771. The normalized spacial score (nSPS) is 41.7. The highest BCUT2D eigenvalue weighted by atomic mass is 16.6. The average Bonchev–Trinajstić information content (AvgIpc) is 2.80. The first-order valence-corrected chi connectivity index (χ1v) is 4.97. The van der Waals surface area contributed by atoms with Crippen molar-refractivity contribution in [3.63, 3.8) is 0 Å². The van der Waals surface area contributed by atoms with Gasteiger partial charge >= 0.3 is 0 Å². The van der Waals surface area contributed by atoms with Crippen molar-refractivity contribution in [2.24, 2.45) is 10.9 Å². The molecule has 12 heavy (non-hydrogen) atoms. The van der Waals surface area contributed by atoms with Gasteiger partial charge in [0, 0.05) is 12.8 Å². The third-order valence-electron chi connectivity index (χ3n) is 3.10. The lowest BCUT2D eigenvalue weighted by atomic mass is 9.90. The zero-order valence-electron chi connectivity index (χ0n) is 7.92. The Bertz CT molecular complexity index is 202. The third-order valence-corrected chi connectivity index (χ3v) is 3.10. The molecule has 2 aliphatic rings. The molecule has 2 rings (SSSR count). The summed E-state index contributed by atoms with van der Waals surface area (Å²) in [7, 11) is 0. The zero-order valence-corrected chi connectivity index (χ0v) is 7.92. The van der Waals surface area contributed by atoms with Crippen LogP contribution in [0.15, 0.2) is 4.99 Å². The van der Waals surface area contributed by atoms with Crippen molar-refractivity contribution in [3.8, 4) is 0 Å². The van der Waals surface area contributed by atoms with E-state index in [0.29, 0.717) is 12.0 Å². The Morgan fingerprint density at radius 3 is 3.17 bits per heavy atom. The van der Waals surface area contributed by atoms with Crippen molar-refractivity contribution in [1.82, 2.24) is 0 Å². The number of hydrogen-bond acceptors (Lipinski definition) is 2. The predicted octanol–water partition coefficient (Wildman–Crippen LogP) is 2.03. The first kappa shape index (κ1) is 8.24. The van der Waals surface area contributed by atoms with E-state index in [1.807, 2.05) is 6.21 Å². The fourth-order valence-electron chi connectivity index (χ4n) is 2.05. The summed E-state index contributed by atoms with van der Waals surface area (Å²) in [6.07, 6.45) is 6.11. The molecule has 1 saturated heterocycles. The second-order valence-corrected chi connectivity index (χ2v) is 4.02. The molecular formula is C10H17NO. The number of rotatable bonds is 2. The van der Waals surface area contributed by atoms with Crippen molar-refractivity contribution in [3.05, 3.63) is 0 Å². The van der Waals surface area contributed by atoms with Crippen LogP contribution in [0.3, 0.4) is 0 Å². The molecule has 68 valence electrons. The maximum Gasteiger partial charge on any atom is 0.130 e. The van der Waals surface area contributed by atoms with Gasteiger partial charge in [-0.15, -0.1) is 0 Å². The SMILES string of the molecule is CC[C@H](C)[C@@H]1O[C@@]12C=NCCC2. The summed E-state index contributed by atoms with van der Waals surface area (Å²) in [5, 5.41) is 0. The van der Waals surface area contributed by atoms with Gasteiger partial charge in [-0.1, -0.05) is 20.3 Å². The highest BCUT2D eigenvalue weighted by molar-refractivity contribution is 5.74. The molecule has 0 aromatic heterocycles. The van der Waals surface area contributed by atoms with Gasteiger partial charge in [-0.2, -0.15) is 0 Å². The van der Waals surface area contributed by atoms with Gasteiger partial charge in [0.25, 0.3) is 0 Å². The Kier molecular flexibility index (Phi) is 1.95. The van der Waals surface area contributed by atoms with Crippen LogP contribution in [0.1, 0.15) is 33.1 Å². The minimum Gasteiger partial charge on any atom is -0.360 e. The van der Waals surface area contributed by atoms with Crippen molar-refractivity contribution in [1.29, 1.82) is 0 Å². The fraction of sp³-hybridized carbons (Fsp3) is 0.900. The van der Waals surface area contributed by atoms with Crippen LogP contribution < -0.4 is 0 Å². The highest BCUT2D eigenvalue weighted by Crippen LogP contribution is 2.45. The van der Waals surface area contributed by atoms with Gasteiger partial charge in [0.05, 0.1) is 6.10 Å². The van der Waals surface area contributed by atoms with Gasteiger partial charge in [0.1, 0.15) is 5.60 Å². The molecule has 0 aliphatic carbocycles. The van der Waals surface area contributed by atoms with Crippen LogP contribution in [-0.2, 0) is 4.74 Å². The molecule has 2 aliphatic heterocycles. The van der Waals surface area contributed by atoms with Gasteiger partial charge in [0.2, 0.25) is 0 Å².